The number of nitrogens with zero attached hydrogens (tertiary/aromatic N) is 3. The van der Waals surface area contributed by atoms with Crippen LogP contribution in [0.4, 0.5) is 0 Å². The number of likely N-dealkylation sites (tertiary alicyclic amines) is 1. The molecular weight excluding hydrogens is 447 g/mol. The standard InChI is InChI=1S/C18H32N4OS.HI/c1-5-21(6-2)17(16-8-10-24-14-16)11-20-18(19-3)22-9-7-15(12-22)13-23-4;/h8,10,14-15,17H,5-7,9,11-13H2,1-4H3,(H,19,20);1H. The largest absolute Gasteiger partial charge is 0.384 e. The van der Waals surface area contributed by atoms with Gasteiger partial charge in [-0.25, -0.2) is 0 Å². The second-order valence-electron chi connectivity index (χ2n) is 6.28. The average molecular weight is 480 g/mol. The average Bonchev–Trinajstić information content (AvgIpc) is 3.27. The third-order valence-corrected chi connectivity index (χ3v) is 5.54. The molecule has 2 atom stereocenters. The number of nitrogens with one attached hydrogen (secondary N) is 1. The monoisotopic (exact) mass is 480 g/mol. The molecule has 1 aliphatic heterocycles. The van der Waals surface area contributed by atoms with Crippen molar-refractivity contribution >= 4 is 41.3 Å². The fraction of sp³-hybridized carbons (Fsp3) is 0.722. The van der Waals surface area contributed by atoms with E-state index >= 15 is 0 Å². The van der Waals surface area contributed by atoms with Gasteiger partial charge in [-0.3, -0.25) is 9.89 Å². The lowest BCUT2D eigenvalue weighted by molar-refractivity contribution is 0.157. The number of guanidine groups is 1. The number of hydrogen-bond acceptors (Lipinski definition) is 4. The van der Waals surface area contributed by atoms with Crippen molar-refractivity contribution in [2.24, 2.45) is 10.9 Å². The van der Waals surface area contributed by atoms with E-state index in [1.54, 1.807) is 18.4 Å². The fourth-order valence-electron chi connectivity index (χ4n) is 3.50. The summed E-state index contributed by atoms with van der Waals surface area (Å²) < 4.78 is 5.30. The Morgan fingerprint density at radius 3 is 2.80 bits per heavy atom. The molecule has 1 aromatic heterocycles. The molecule has 1 N–H and O–H groups in total. The lowest BCUT2D eigenvalue weighted by Gasteiger charge is -2.31. The first-order valence-electron chi connectivity index (χ1n) is 8.94. The van der Waals surface area contributed by atoms with Crippen molar-refractivity contribution < 1.29 is 4.74 Å². The maximum atomic E-state index is 5.30. The highest BCUT2D eigenvalue weighted by Gasteiger charge is 2.26. The zero-order valence-corrected chi connectivity index (χ0v) is 19.0. The highest BCUT2D eigenvalue weighted by Crippen LogP contribution is 2.23. The van der Waals surface area contributed by atoms with Crippen LogP contribution >= 0.6 is 35.3 Å². The summed E-state index contributed by atoms with van der Waals surface area (Å²) in [7, 11) is 3.66. The predicted molar refractivity (Wildman–Crippen MR) is 118 cm³/mol. The summed E-state index contributed by atoms with van der Waals surface area (Å²) in [5, 5.41) is 8.03. The number of rotatable bonds is 8. The van der Waals surface area contributed by atoms with E-state index in [1.165, 1.54) is 12.0 Å². The molecule has 0 amide bonds. The summed E-state index contributed by atoms with van der Waals surface area (Å²) in [6, 6.07) is 2.63. The minimum atomic E-state index is 0. The minimum absolute atomic E-state index is 0. The Morgan fingerprint density at radius 2 is 2.24 bits per heavy atom. The molecule has 0 bridgehead atoms. The number of halogens is 1. The molecule has 2 unspecified atom stereocenters. The van der Waals surface area contributed by atoms with E-state index in [4.69, 9.17) is 4.74 Å². The number of likely N-dealkylation sites (N-methyl/N-ethyl adjacent to an activating group) is 1. The lowest BCUT2D eigenvalue weighted by Crippen LogP contribution is -2.44. The van der Waals surface area contributed by atoms with Crippen molar-refractivity contribution in [2.45, 2.75) is 26.3 Å². The Hall–Kier alpha value is -0.380. The summed E-state index contributed by atoms with van der Waals surface area (Å²) in [4.78, 5) is 9.36. The smallest absolute Gasteiger partial charge is 0.193 e. The third-order valence-electron chi connectivity index (χ3n) is 4.83. The van der Waals surface area contributed by atoms with E-state index in [-0.39, 0.29) is 24.0 Å². The van der Waals surface area contributed by atoms with Crippen LogP contribution in [0.5, 0.6) is 0 Å². The lowest BCUT2D eigenvalue weighted by atomic mass is 10.1. The third kappa shape index (κ3) is 6.37. The van der Waals surface area contributed by atoms with E-state index in [0.29, 0.717) is 12.0 Å². The van der Waals surface area contributed by atoms with Crippen LogP contribution in [0.15, 0.2) is 21.8 Å². The van der Waals surface area contributed by atoms with E-state index in [9.17, 15) is 0 Å². The molecule has 25 heavy (non-hydrogen) atoms. The Balaban J connectivity index is 0.00000312. The Labute approximate surface area is 173 Å². The van der Waals surface area contributed by atoms with Gasteiger partial charge in [0.25, 0.3) is 0 Å². The van der Waals surface area contributed by atoms with Gasteiger partial charge in [-0.2, -0.15) is 11.3 Å². The number of thiophene rings is 1. The molecule has 144 valence electrons. The van der Waals surface area contributed by atoms with Gasteiger partial charge < -0.3 is 15.0 Å². The first-order valence-corrected chi connectivity index (χ1v) is 9.88. The zero-order chi connectivity index (χ0) is 17.4. The van der Waals surface area contributed by atoms with Crippen molar-refractivity contribution in [3.8, 4) is 0 Å². The fourth-order valence-corrected chi connectivity index (χ4v) is 4.21. The van der Waals surface area contributed by atoms with Crippen molar-refractivity contribution in [1.29, 1.82) is 0 Å². The molecular formula is C18H33IN4OS. The van der Waals surface area contributed by atoms with Crippen LogP contribution < -0.4 is 5.32 Å². The summed E-state index contributed by atoms with van der Waals surface area (Å²) in [5.41, 5.74) is 1.39. The number of ether oxygens (including phenoxy) is 1. The van der Waals surface area contributed by atoms with Crippen LogP contribution in [0.25, 0.3) is 0 Å². The van der Waals surface area contributed by atoms with Crippen LogP contribution in [0, 0.1) is 5.92 Å². The molecule has 0 radical (unpaired) electrons. The molecule has 1 fully saturated rings. The van der Waals surface area contributed by atoms with Gasteiger partial charge in [-0.15, -0.1) is 24.0 Å². The van der Waals surface area contributed by atoms with Crippen LogP contribution in [0.2, 0.25) is 0 Å². The summed E-state index contributed by atoms with van der Waals surface area (Å²) in [6.45, 7) is 10.4. The molecule has 0 aliphatic carbocycles. The van der Waals surface area contributed by atoms with Crippen LogP contribution in [-0.2, 0) is 4.74 Å². The molecule has 1 aliphatic rings. The number of aliphatic imine (C=N–C) groups is 1. The molecule has 5 nitrogen and oxygen atoms in total. The van der Waals surface area contributed by atoms with E-state index in [1.807, 2.05) is 7.05 Å². The van der Waals surface area contributed by atoms with Gasteiger partial charge in [0.2, 0.25) is 0 Å². The summed E-state index contributed by atoms with van der Waals surface area (Å²) >= 11 is 1.77. The summed E-state index contributed by atoms with van der Waals surface area (Å²) in [6.07, 6.45) is 1.18. The van der Waals surface area contributed by atoms with Crippen molar-refractivity contribution in [3.05, 3.63) is 22.4 Å². The van der Waals surface area contributed by atoms with Gasteiger partial charge in [0.15, 0.2) is 5.96 Å². The maximum Gasteiger partial charge on any atom is 0.193 e. The molecule has 2 rings (SSSR count). The second kappa shape index (κ2) is 12.1. The highest BCUT2D eigenvalue weighted by atomic mass is 127. The minimum Gasteiger partial charge on any atom is -0.384 e. The van der Waals surface area contributed by atoms with Gasteiger partial charge in [0, 0.05) is 39.7 Å². The molecule has 7 heteroatoms. The molecule has 0 saturated carbocycles. The molecule has 2 heterocycles. The van der Waals surface area contributed by atoms with Gasteiger partial charge in [-0.05, 0) is 41.9 Å². The van der Waals surface area contributed by atoms with Crippen molar-refractivity contribution in [1.82, 2.24) is 15.1 Å². The van der Waals surface area contributed by atoms with Crippen LogP contribution in [-0.4, -0.2) is 69.2 Å². The van der Waals surface area contributed by atoms with Gasteiger partial charge in [-0.1, -0.05) is 13.8 Å². The molecule has 1 aromatic rings. The van der Waals surface area contributed by atoms with E-state index < -0.39 is 0 Å². The number of methoxy groups -OCH3 is 1. The highest BCUT2D eigenvalue weighted by molar-refractivity contribution is 14.0. The molecule has 0 spiro atoms. The second-order valence-corrected chi connectivity index (χ2v) is 7.06. The van der Waals surface area contributed by atoms with Gasteiger partial charge in [0.05, 0.1) is 12.6 Å². The maximum absolute atomic E-state index is 5.30. The topological polar surface area (TPSA) is 40.1 Å². The van der Waals surface area contributed by atoms with Crippen molar-refractivity contribution in [3.63, 3.8) is 0 Å². The van der Waals surface area contributed by atoms with E-state index in [2.05, 4.69) is 50.8 Å². The SMILES string of the molecule is CCN(CC)C(CNC(=NC)N1CCC(COC)C1)c1ccsc1.I. The quantitative estimate of drug-likeness (QED) is 0.352. The van der Waals surface area contributed by atoms with Crippen molar-refractivity contribution in [2.75, 3.05) is 53.5 Å². The molecule has 0 aromatic carbocycles. The van der Waals surface area contributed by atoms with Gasteiger partial charge >= 0.3 is 0 Å². The Morgan fingerprint density at radius 1 is 1.48 bits per heavy atom. The summed E-state index contributed by atoms with van der Waals surface area (Å²) in [5.74, 6) is 1.63. The normalized spacial score (nSPS) is 19.2. The van der Waals surface area contributed by atoms with Crippen LogP contribution in [0.3, 0.4) is 0 Å². The van der Waals surface area contributed by atoms with Crippen LogP contribution in [0.1, 0.15) is 31.9 Å². The Bertz CT molecular complexity index is 493. The Kier molecular flexibility index (Phi) is 11.0. The predicted octanol–water partition coefficient (Wildman–Crippen LogP) is 3.29. The van der Waals surface area contributed by atoms with Gasteiger partial charge in [0.1, 0.15) is 0 Å². The first-order chi connectivity index (χ1) is 11.7. The molecule has 1 saturated heterocycles. The van der Waals surface area contributed by atoms with E-state index in [0.717, 1.165) is 45.3 Å². The first kappa shape index (κ1) is 22.7. The zero-order valence-electron chi connectivity index (χ0n) is 15.9. The number of hydrogen-bond donors (Lipinski definition) is 1.